The smallest absolute Gasteiger partial charge is 0.363 e. The van der Waals surface area contributed by atoms with Gasteiger partial charge in [-0.3, -0.25) is 0 Å². The van der Waals surface area contributed by atoms with Gasteiger partial charge in [-0.2, -0.15) is 0 Å². The molecular formula is C23H16INO3. The van der Waals surface area contributed by atoms with Gasteiger partial charge in [0.25, 0.3) is 0 Å². The third-order valence-electron chi connectivity index (χ3n) is 4.18. The molecule has 4 rings (SSSR count). The van der Waals surface area contributed by atoms with Crippen molar-refractivity contribution < 1.29 is 14.3 Å². The molecule has 0 saturated carbocycles. The highest BCUT2D eigenvalue weighted by molar-refractivity contribution is 14.1. The second kappa shape index (κ2) is 8.39. The average molecular weight is 481 g/mol. The van der Waals surface area contributed by atoms with Crippen molar-refractivity contribution in [1.29, 1.82) is 0 Å². The number of hydrogen-bond acceptors (Lipinski definition) is 4. The molecule has 0 fully saturated rings. The van der Waals surface area contributed by atoms with Crippen molar-refractivity contribution in [2.75, 3.05) is 0 Å². The van der Waals surface area contributed by atoms with Gasteiger partial charge in [-0.1, -0.05) is 48.5 Å². The second-order valence-electron chi connectivity index (χ2n) is 6.15. The first kappa shape index (κ1) is 18.4. The summed E-state index contributed by atoms with van der Waals surface area (Å²) < 4.78 is 12.3. The minimum atomic E-state index is -0.446. The highest BCUT2D eigenvalue weighted by Crippen LogP contribution is 2.21. The number of benzene rings is 3. The fourth-order valence-electron chi connectivity index (χ4n) is 2.71. The molecule has 0 aromatic heterocycles. The highest BCUT2D eigenvalue weighted by Gasteiger charge is 2.23. The van der Waals surface area contributed by atoms with Crippen LogP contribution in [0.5, 0.6) is 5.75 Å². The number of cyclic esters (lactones) is 1. The van der Waals surface area contributed by atoms with Crippen molar-refractivity contribution in [3.8, 4) is 5.75 Å². The Morgan fingerprint density at radius 1 is 0.929 bits per heavy atom. The van der Waals surface area contributed by atoms with E-state index in [0.29, 0.717) is 12.5 Å². The Kier molecular flexibility index (Phi) is 5.53. The van der Waals surface area contributed by atoms with Crippen LogP contribution < -0.4 is 4.74 Å². The van der Waals surface area contributed by atoms with Crippen LogP contribution in [0.3, 0.4) is 0 Å². The monoisotopic (exact) mass is 481 g/mol. The highest BCUT2D eigenvalue weighted by atomic mass is 127. The summed E-state index contributed by atoms with van der Waals surface area (Å²) in [4.78, 5) is 16.4. The summed E-state index contributed by atoms with van der Waals surface area (Å²) in [6.07, 6.45) is 1.71. The lowest BCUT2D eigenvalue weighted by atomic mass is 10.2. The number of hydrogen-bond donors (Lipinski definition) is 0. The van der Waals surface area contributed by atoms with Crippen molar-refractivity contribution in [3.63, 3.8) is 0 Å². The molecule has 1 aliphatic heterocycles. The predicted octanol–water partition coefficient (Wildman–Crippen LogP) is 5.21. The van der Waals surface area contributed by atoms with Crippen molar-refractivity contribution in [3.05, 3.63) is 105 Å². The van der Waals surface area contributed by atoms with E-state index in [0.717, 1.165) is 22.4 Å². The minimum Gasteiger partial charge on any atom is -0.489 e. The molecule has 3 aromatic carbocycles. The van der Waals surface area contributed by atoms with Gasteiger partial charge < -0.3 is 9.47 Å². The zero-order chi connectivity index (χ0) is 19.3. The van der Waals surface area contributed by atoms with Gasteiger partial charge in [-0.25, -0.2) is 9.79 Å². The summed E-state index contributed by atoms with van der Waals surface area (Å²) in [5, 5.41) is 0. The van der Waals surface area contributed by atoms with Crippen LogP contribution in [0.1, 0.15) is 16.7 Å². The lowest BCUT2D eigenvalue weighted by Crippen LogP contribution is -2.04. The average Bonchev–Trinajstić information content (AvgIpc) is 3.09. The fraction of sp³-hybridized carbons (Fsp3) is 0.0435. The first-order valence-corrected chi connectivity index (χ1v) is 9.81. The predicted molar refractivity (Wildman–Crippen MR) is 117 cm³/mol. The van der Waals surface area contributed by atoms with E-state index in [-0.39, 0.29) is 5.70 Å². The number of aliphatic imine (C=N–C) groups is 1. The molecular weight excluding hydrogens is 465 g/mol. The van der Waals surface area contributed by atoms with E-state index in [9.17, 15) is 4.79 Å². The normalized spacial score (nSPS) is 14.7. The van der Waals surface area contributed by atoms with Crippen LogP contribution in [-0.4, -0.2) is 11.9 Å². The molecule has 5 heteroatoms. The van der Waals surface area contributed by atoms with Crippen molar-refractivity contribution in [1.82, 2.24) is 0 Å². The molecule has 28 heavy (non-hydrogen) atoms. The van der Waals surface area contributed by atoms with E-state index >= 15 is 0 Å². The molecule has 1 aliphatic rings. The molecule has 0 saturated heterocycles. The standard InChI is InChI=1S/C23H16INO3/c24-20-9-5-4-8-18(20)15-27-19-12-10-16(11-13-19)14-21-23(26)28-22(25-21)17-6-2-1-3-7-17/h1-14H,15H2/b21-14-. The Labute approximate surface area is 176 Å². The lowest BCUT2D eigenvalue weighted by molar-refractivity contribution is -0.129. The Morgan fingerprint density at radius 3 is 2.39 bits per heavy atom. The quantitative estimate of drug-likeness (QED) is 0.286. The van der Waals surface area contributed by atoms with Gasteiger partial charge in [0.05, 0.1) is 0 Å². The fourth-order valence-corrected chi connectivity index (χ4v) is 3.25. The Morgan fingerprint density at radius 2 is 1.64 bits per heavy atom. The van der Waals surface area contributed by atoms with Gasteiger partial charge in [0, 0.05) is 14.7 Å². The van der Waals surface area contributed by atoms with Gasteiger partial charge in [0.15, 0.2) is 5.70 Å². The van der Waals surface area contributed by atoms with Gasteiger partial charge in [-0.05, 0) is 64.6 Å². The molecule has 0 amide bonds. The number of halogens is 1. The van der Waals surface area contributed by atoms with Crippen LogP contribution in [0.2, 0.25) is 0 Å². The molecule has 0 atom stereocenters. The van der Waals surface area contributed by atoms with E-state index in [1.165, 1.54) is 3.57 Å². The minimum absolute atomic E-state index is 0.284. The summed E-state index contributed by atoms with van der Waals surface area (Å²) in [5.74, 6) is 0.649. The molecule has 138 valence electrons. The topological polar surface area (TPSA) is 47.9 Å². The Bertz CT molecular complexity index is 1060. The molecule has 4 nitrogen and oxygen atoms in total. The Balaban J connectivity index is 1.46. The number of esters is 1. The molecule has 0 N–H and O–H groups in total. The van der Waals surface area contributed by atoms with E-state index in [4.69, 9.17) is 9.47 Å². The van der Waals surface area contributed by atoms with E-state index in [2.05, 4.69) is 39.7 Å². The maximum atomic E-state index is 12.1. The van der Waals surface area contributed by atoms with Crippen molar-refractivity contribution >= 4 is 40.5 Å². The third-order valence-corrected chi connectivity index (χ3v) is 5.23. The molecule has 0 radical (unpaired) electrons. The number of carbonyl (C=O) groups is 1. The largest absolute Gasteiger partial charge is 0.489 e. The van der Waals surface area contributed by atoms with E-state index in [1.807, 2.05) is 66.7 Å². The van der Waals surface area contributed by atoms with Crippen LogP contribution in [0.15, 0.2) is 89.6 Å². The lowest BCUT2D eigenvalue weighted by Gasteiger charge is -2.08. The molecule has 0 aliphatic carbocycles. The van der Waals surface area contributed by atoms with Crippen molar-refractivity contribution in [2.24, 2.45) is 4.99 Å². The summed E-state index contributed by atoms with van der Waals surface area (Å²) in [7, 11) is 0. The number of rotatable bonds is 5. The molecule has 0 spiro atoms. The second-order valence-corrected chi connectivity index (χ2v) is 7.31. The molecule has 3 aromatic rings. The first-order chi connectivity index (χ1) is 13.7. The SMILES string of the molecule is O=C1OC(c2ccccc2)=N/C1=C\c1ccc(OCc2ccccc2I)cc1. The van der Waals surface area contributed by atoms with Crippen molar-refractivity contribution in [2.45, 2.75) is 6.61 Å². The molecule has 0 unspecified atom stereocenters. The van der Waals surface area contributed by atoms with Crippen LogP contribution in [0, 0.1) is 3.57 Å². The zero-order valence-electron chi connectivity index (χ0n) is 14.8. The zero-order valence-corrected chi connectivity index (χ0v) is 17.0. The summed E-state index contributed by atoms with van der Waals surface area (Å²) in [6.45, 7) is 0.511. The third kappa shape index (κ3) is 4.31. The summed E-state index contributed by atoms with van der Waals surface area (Å²) in [5.41, 5.74) is 3.06. The molecule has 0 bridgehead atoms. The van der Waals surface area contributed by atoms with Crippen LogP contribution in [0.4, 0.5) is 0 Å². The number of ether oxygens (including phenoxy) is 2. The molecule has 1 heterocycles. The van der Waals surface area contributed by atoms with Gasteiger partial charge in [-0.15, -0.1) is 0 Å². The van der Waals surface area contributed by atoms with Crippen LogP contribution >= 0.6 is 22.6 Å². The van der Waals surface area contributed by atoms with Crippen LogP contribution in [-0.2, 0) is 16.1 Å². The number of carbonyl (C=O) groups excluding carboxylic acids is 1. The first-order valence-electron chi connectivity index (χ1n) is 8.73. The van der Waals surface area contributed by atoms with E-state index < -0.39 is 5.97 Å². The summed E-state index contributed by atoms with van der Waals surface area (Å²) >= 11 is 2.30. The maximum Gasteiger partial charge on any atom is 0.363 e. The maximum absolute atomic E-state index is 12.1. The van der Waals surface area contributed by atoms with Gasteiger partial charge >= 0.3 is 5.97 Å². The van der Waals surface area contributed by atoms with Crippen LogP contribution in [0.25, 0.3) is 6.08 Å². The van der Waals surface area contributed by atoms with E-state index in [1.54, 1.807) is 6.08 Å². The van der Waals surface area contributed by atoms with Gasteiger partial charge in [0.1, 0.15) is 12.4 Å². The number of nitrogens with zero attached hydrogens (tertiary/aromatic N) is 1. The summed E-state index contributed by atoms with van der Waals surface area (Å²) in [6, 6.07) is 25.0. The Hall–Kier alpha value is -2.93. The van der Waals surface area contributed by atoms with Gasteiger partial charge in [0.2, 0.25) is 5.90 Å².